The van der Waals surface area contributed by atoms with E-state index in [1.807, 2.05) is 42.5 Å². The molecule has 222 valence electrons. The summed E-state index contributed by atoms with van der Waals surface area (Å²) in [6, 6.07) is 13.1. The topological polar surface area (TPSA) is 133 Å². The zero-order valence-electron chi connectivity index (χ0n) is 24.2. The number of aromatic amines is 1. The van der Waals surface area contributed by atoms with Gasteiger partial charge in [-0.3, -0.25) is 19.2 Å². The number of fused-ring (bicyclic) bond motifs is 3. The summed E-state index contributed by atoms with van der Waals surface area (Å²) in [6.45, 7) is 5.22. The quantitative estimate of drug-likeness (QED) is 0.264. The minimum atomic E-state index is -0.947. The van der Waals surface area contributed by atoms with Gasteiger partial charge in [0.2, 0.25) is 17.6 Å². The fraction of sp³-hybridized carbons (Fsp3) is 0.406. The first-order valence-electron chi connectivity index (χ1n) is 14.6. The molecule has 2 aromatic heterocycles. The van der Waals surface area contributed by atoms with E-state index in [-0.39, 0.29) is 47.2 Å². The largest absolute Gasteiger partial charge is 0.496 e. The molecular formula is C32H33N5O5S. The third-order valence-corrected chi connectivity index (χ3v) is 10.7. The molecule has 1 aliphatic carbocycles. The highest BCUT2D eigenvalue weighted by Crippen LogP contribution is 2.65. The highest BCUT2D eigenvalue weighted by Gasteiger charge is 2.69. The second-order valence-electron chi connectivity index (χ2n) is 12.4. The number of carbonyl (C=O) groups is 4. The Bertz CT molecular complexity index is 1760. The lowest BCUT2D eigenvalue weighted by Gasteiger charge is -2.31. The number of Topliss-reactive ketones (excluding diaryl/α,β-unsaturated/α-hetero) is 1. The van der Waals surface area contributed by atoms with E-state index in [0.717, 1.165) is 15.6 Å². The van der Waals surface area contributed by atoms with E-state index in [1.165, 1.54) is 11.3 Å². The number of ketones is 1. The number of carbonyl (C=O) groups excluding carboxylic acids is 4. The van der Waals surface area contributed by atoms with E-state index in [4.69, 9.17) is 4.74 Å². The van der Waals surface area contributed by atoms with Gasteiger partial charge < -0.3 is 25.3 Å². The van der Waals surface area contributed by atoms with Crippen LogP contribution in [0.15, 0.2) is 48.5 Å². The number of thiazole rings is 1. The van der Waals surface area contributed by atoms with Gasteiger partial charge in [-0.25, -0.2) is 4.98 Å². The summed E-state index contributed by atoms with van der Waals surface area (Å²) >= 11 is 1.28. The number of H-pyrrole nitrogens is 1. The predicted molar refractivity (Wildman–Crippen MR) is 162 cm³/mol. The van der Waals surface area contributed by atoms with Gasteiger partial charge in [0.1, 0.15) is 17.5 Å². The molecule has 0 spiro atoms. The molecule has 2 aliphatic heterocycles. The molecule has 1 saturated carbocycles. The number of para-hydroxylation sites is 1. The van der Waals surface area contributed by atoms with Crippen molar-refractivity contribution >= 4 is 56.0 Å². The number of ether oxygens (including phenoxy) is 1. The van der Waals surface area contributed by atoms with Crippen LogP contribution in [-0.4, -0.2) is 70.7 Å². The Labute approximate surface area is 252 Å². The lowest BCUT2D eigenvalue weighted by Crippen LogP contribution is -2.54. The molecular weight excluding hydrogens is 566 g/mol. The number of likely N-dealkylation sites (tertiary alicyclic amines) is 1. The second kappa shape index (κ2) is 10.2. The zero-order valence-corrected chi connectivity index (χ0v) is 25.0. The van der Waals surface area contributed by atoms with Gasteiger partial charge in [-0.05, 0) is 60.4 Å². The standard InChI is InChI=1S/C32H33N5O5S/c1-32(2)18-15-37(31(41)22-14-17-19(34-22)8-6-9-23(17)42-3)26(25(18)32)29(40)35-21(13-16-11-12-33-28(16)39)27(38)30-36-20-7-4-5-10-24(20)43-30/h4-10,14,16,18,21,25-26,34H,11-13,15H2,1-3H3,(H,33,39)(H,35,40). The van der Waals surface area contributed by atoms with Crippen LogP contribution in [0.3, 0.4) is 0 Å². The SMILES string of the molecule is COc1cccc2[nH]c(C(=O)N3CC4C(C3C(=O)NC(CC3CCNC3=O)C(=O)c3nc5ccccc5s3)C4(C)C)cc12. The first-order valence-corrected chi connectivity index (χ1v) is 15.4. The van der Waals surface area contributed by atoms with Gasteiger partial charge in [0.25, 0.3) is 5.91 Å². The van der Waals surface area contributed by atoms with E-state index >= 15 is 0 Å². The van der Waals surface area contributed by atoms with Crippen molar-refractivity contribution in [3.05, 3.63) is 59.2 Å². The van der Waals surface area contributed by atoms with Crippen molar-refractivity contribution in [2.45, 2.75) is 38.8 Å². The maximum Gasteiger partial charge on any atom is 0.271 e. The maximum absolute atomic E-state index is 14.2. The first kappa shape index (κ1) is 27.6. The molecule has 7 rings (SSSR count). The summed E-state index contributed by atoms with van der Waals surface area (Å²) in [5.41, 5.74) is 1.75. The average molecular weight is 600 g/mol. The molecule has 4 heterocycles. The minimum Gasteiger partial charge on any atom is -0.496 e. The molecule has 5 unspecified atom stereocenters. The number of rotatable bonds is 8. The smallest absolute Gasteiger partial charge is 0.271 e. The Morgan fingerprint density at radius 2 is 2.00 bits per heavy atom. The molecule has 0 bridgehead atoms. The van der Waals surface area contributed by atoms with Crippen LogP contribution < -0.4 is 15.4 Å². The number of piperidine rings is 1. The van der Waals surface area contributed by atoms with Crippen LogP contribution in [0.1, 0.15) is 47.0 Å². The fourth-order valence-corrected chi connectivity index (χ4v) is 8.10. The third kappa shape index (κ3) is 4.57. The van der Waals surface area contributed by atoms with Crippen LogP contribution in [0.2, 0.25) is 0 Å². The lowest BCUT2D eigenvalue weighted by molar-refractivity contribution is -0.127. The van der Waals surface area contributed by atoms with Crippen molar-refractivity contribution in [1.82, 2.24) is 25.5 Å². The molecule has 3 amide bonds. The van der Waals surface area contributed by atoms with Gasteiger partial charge in [-0.2, -0.15) is 0 Å². The number of hydrogen-bond donors (Lipinski definition) is 3. The molecule has 2 saturated heterocycles. The minimum absolute atomic E-state index is 0.0386. The summed E-state index contributed by atoms with van der Waals surface area (Å²) < 4.78 is 6.34. The van der Waals surface area contributed by atoms with Gasteiger partial charge in [0.15, 0.2) is 5.01 Å². The lowest BCUT2D eigenvalue weighted by atomic mass is 9.94. The van der Waals surface area contributed by atoms with Crippen molar-refractivity contribution in [1.29, 1.82) is 0 Å². The monoisotopic (exact) mass is 599 g/mol. The number of methoxy groups -OCH3 is 1. The number of aromatic nitrogens is 2. The van der Waals surface area contributed by atoms with Crippen LogP contribution in [0.5, 0.6) is 5.75 Å². The number of amides is 3. The summed E-state index contributed by atoms with van der Waals surface area (Å²) in [4.78, 5) is 63.8. The number of benzene rings is 2. The Balaban J connectivity index is 1.18. The number of hydrogen-bond acceptors (Lipinski definition) is 7. The molecule has 3 fully saturated rings. The number of nitrogens with zero attached hydrogens (tertiary/aromatic N) is 2. The van der Waals surface area contributed by atoms with Gasteiger partial charge in [-0.1, -0.05) is 32.0 Å². The zero-order chi connectivity index (χ0) is 30.0. The predicted octanol–water partition coefficient (Wildman–Crippen LogP) is 3.78. The second-order valence-corrected chi connectivity index (χ2v) is 13.4. The molecule has 0 radical (unpaired) electrons. The molecule has 3 aliphatic rings. The Hall–Kier alpha value is -4.25. The summed E-state index contributed by atoms with van der Waals surface area (Å²) in [5.74, 6) is -0.695. The number of nitrogens with one attached hydrogen (secondary N) is 3. The van der Waals surface area contributed by atoms with E-state index in [1.54, 1.807) is 18.1 Å². The molecule has 3 N–H and O–H groups in total. The van der Waals surface area contributed by atoms with Gasteiger partial charge in [0.05, 0.1) is 23.4 Å². The Morgan fingerprint density at radius 1 is 1.19 bits per heavy atom. The van der Waals surface area contributed by atoms with Crippen molar-refractivity contribution in [3.63, 3.8) is 0 Å². The van der Waals surface area contributed by atoms with Gasteiger partial charge in [0, 0.05) is 29.9 Å². The molecule has 4 aromatic rings. The molecule has 5 atom stereocenters. The molecule has 10 nitrogen and oxygen atoms in total. The van der Waals surface area contributed by atoms with Crippen molar-refractivity contribution < 1.29 is 23.9 Å². The van der Waals surface area contributed by atoms with Crippen molar-refractivity contribution in [2.24, 2.45) is 23.2 Å². The van der Waals surface area contributed by atoms with Crippen molar-refractivity contribution in [3.8, 4) is 5.75 Å². The van der Waals surface area contributed by atoms with Crippen LogP contribution in [-0.2, 0) is 9.59 Å². The molecule has 43 heavy (non-hydrogen) atoms. The van der Waals surface area contributed by atoms with Crippen LogP contribution in [0, 0.1) is 23.2 Å². The van der Waals surface area contributed by atoms with Crippen LogP contribution >= 0.6 is 11.3 Å². The highest BCUT2D eigenvalue weighted by molar-refractivity contribution is 7.20. The van der Waals surface area contributed by atoms with Gasteiger partial charge >= 0.3 is 0 Å². The normalized spacial score (nSPS) is 24.5. The maximum atomic E-state index is 14.2. The van der Waals surface area contributed by atoms with E-state index in [9.17, 15) is 19.2 Å². The Kier molecular flexibility index (Phi) is 6.53. The first-order chi connectivity index (χ1) is 20.7. The van der Waals surface area contributed by atoms with Crippen LogP contribution in [0.4, 0.5) is 0 Å². The van der Waals surface area contributed by atoms with Crippen molar-refractivity contribution in [2.75, 3.05) is 20.2 Å². The molecule has 11 heteroatoms. The third-order valence-electron chi connectivity index (χ3n) is 9.63. The Morgan fingerprint density at radius 3 is 2.74 bits per heavy atom. The highest BCUT2D eigenvalue weighted by atomic mass is 32.1. The van der Waals surface area contributed by atoms with E-state index < -0.39 is 18.0 Å². The summed E-state index contributed by atoms with van der Waals surface area (Å²) in [6.07, 6.45) is 0.764. The van der Waals surface area contributed by atoms with Crippen LogP contribution in [0.25, 0.3) is 21.1 Å². The summed E-state index contributed by atoms with van der Waals surface area (Å²) in [5, 5.41) is 6.91. The summed E-state index contributed by atoms with van der Waals surface area (Å²) in [7, 11) is 1.58. The fourth-order valence-electron chi connectivity index (χ4n) is 7.14. The van der Waals surface area contributed by atoms with E-state index in [0.29, 0.717) is 41.5 Å². The van der Waals surface area contributed by atoms with Gasteiger partial charge in [-0.15, -0.1) is 11.3 Å². The van der Waals surface area contributed by atoms with E-state index in [2.05, 4.69) is 34.4 Å². The average Bonchev–Trinajstić information content (AvgIpc) is 3.64. The molecule has 2 aromatic carbocycles.